The second kappa shape index (κ2) is 7.43. The number of ether oxygens (including phenoxy) is 3. The van der Waals surface area contributed by atoms with Crippen LogP contribution in [0.5, 0.6) is 0 Å². The minimum atomic E-state index is -1.11. The minimum Gasteiger partial charge on any atom is -0.394 e. The molecule has 1 aromatic rings. The van der Waals surface area contributed by atoms with Crippen LogP contribution in [0.15, 0.2) is 12.1 Å². The van der Waals surface area contributed by atoms with E-state index in [9.17, 15) is 19.0 Å². The molecule has 0 aromatic heterocycles. The van der Waals surface area contributed by atoms with E-state index in [2.05, 4.69) is 0 Å². The smallest absolute Gasteiger partial charge is 0.132 e. The highest BCUT2D eigenvalue weighted by molar-refractivity contribution is 5.29. The van der Waals surface area contributed by atoms with Crippen LogP contribution < -0.4 is 0 Å². The van der Waals surface area contributed by atoms with E-state index < -0.39 is 42.7 Å². The van der Waals surface area contributed by atoms with Gasteiger partial charge >= 0.3 is 0 Å². The van der Waals surface area contributed by atoms with Crippen molar-refractivity contribution in [3.63, 3.8) is 0 Å². The first-order valence-corrected chi connectivity index (χ1v) is 7.00. The highest BCUT2D eigenvalue weighted by Crippen LogP contribution is 2.37. The summed E-state index contributed by atoms with van der Waals surface area (Å²) in [6, 6.07) is 2.10. The Morgan fingerprint density at radius 2 is 1.95 bits per heavy atom. The molecule has 5 nitrogen and oxygen atoms in total. The predicted molar refractivity (Wildman–Crippen MR) is 73.4 cm³/mol. The Morgan fingerprint density at radius 3 is 2.59 bits per heavy atom. The highest BCUT2D eigenvalue weighted by Gasteiger charge is 2.45. The lowest BCUT2D eigenvalue weighted by atomic mass is 9.99. The Balaban J connectivity index is 2.27. The fraction of sp³-hybridized carbons (Fsp3) is 0.600. The molecule has 4 atom stereocenters. The summed E-state index contributed by atoms with van der Waals surface area (Å²) in [5.74, 6) is -1.44. The maximum absolute atomic E-state index is 14.1. The average molecular weight is 318 g/mol. The Morgan fingerprint density at radius 1 is 1.23 bits per heavy atom. The van der Waals surface area contributed by atoms with Crippen LogP contribution in [0, 0.1) is 18.6 Å². The number of benzene rings is 1. The van der Waals surface area contributed by atoms with Crippen molar-refractivity contribution in [3.05, 3.63) is 34.9 Å². The van der Waals surface area contributed by atoms with Gasteiger partial charge in [-0.25, -0.2) is 8.78 Å². The van der Waals surface area contributed by atoms with Crippen LogP contribution in [0.4, 0.5) is 8.78 Å². The molecule has 1 aliphatic heterocycles. The predicted octanol–water partition coefficient (Wildman–Crippen LogP) is 1.10. The van der Waals surface area contributed by atoms with Crippen molar-refractivity contribution in [2.75, 3.05) is 26.9 Å². The Kier molecular flexibility index (Phi) is 5.82. The van der Waals surface area contributed by atoms with Crippen LogP contribution in [0.3, 0.4) is 0 Å². The molecule has 0 aliphatic carbocycles. The number of rotatable bonds is 6. The zero-order valence-corrected chi connectivity index (χ0v) is 12.5. The average Bonchev–Trinajstić information content (AvgIpc) is 2.80. The van der Waals surface area contributed by atoms with Gasteiger partial charge in [0.25, 0.3) is 0 Å². The number of aliphatic hydroxyl groups is 2. The van der Waals surface area contributed by atoms with Crippen molar-refractivity contribution >= 4 is 0 Å². The van der Waals surface area contributed by atoms with E-state index in [1.165, 1.54) is 20.1 Å². The summed E-state index contributed by atoms with van der Waals surface area (Å²) < 4.78 is 43.3. The van der Waals surface area contributed by atoms with Crippen LogP contribution in [-0.2, 0) is 14.2 Å². The summed E-state index contributed by atoms with van der Waals surface area (Å²) >= 11 is 0. The minimum absolute atomic E-state index is 0.0938. The van der Waals surface area contributed by atoms with E-state index in [1.807, 2.05) is 0 Å². The third-order valence-corrected chi connectivity index (χ3v) is 3.70. The lowest BCUT2D eigenvalue weighted by Crippen LogP contribution is -2.35. The molecule has 1 fully saturated rings. The molecule has 1 aromatic carbocycles. The molecule has 1 heterocycles. The van der Waals surface area contributed by atoms with Crippen LogP contribution >= 0.6 is 0 Å². The van der Waals surface area contributed by atoms with Gasteiger partial charge in [-0.3, -0.25) is 0 Å². The number of halogens is 2. The van der Waals surface area contributed by atoms with Gasteiger partial charge in [0.1, 0.15) is 36.1 Å². The zero-order valence-electron chi connectivity index (χ0n) is 12.5. The van der Waals surface area contributed by atoms with E-state index in [4.69, 9.17) is 14.2 Å². The maximum atomic E-state index is 14.1. The molecule has 7 heteroatoms. The molecule has 1 saturated heterocycles. The standard InChI is InChI=1S/C15H20F2O5/c1-8-5-9(11(17)6-10(8)16)14-15(21-4-3-20-2)13(19)12(7-18)22-14/h5-6,12-15,18-19H,3-4,7H2,1-2H3/t12-,13?,14+,15?/m1/s1. The first kappa shape index (κ1) is 17.2. The van der Waals surface area contributed by atoms with Gasteiger partial charge in [-0.15, -0.1) is 0 Å². The highest BCUT2D eigenvalue weighted by atomic mass is 19.1. The van der Waals surface area contributed by atoms with Gasteiger partial charge in [-0.05, 0) is 18.6 Å². The molecule has 22 heavy (non-hydrogen) atoms. The molecule has 2 unspecified atom stereocenters. The van der Waals surface area contributed by atoms with Crippen LogP contribution in [0.2, 0.25) is 0 Å². The van der Waals surface area contributed by atoms with Crippen molar-refractivity contribution in [2.45, 2.75) is 31.3 Å². The number of methoxy groups -OCH3 is 1. The molecule has 0 radical (unpaired) electrons. The molecule has 0 amide bonds. The van der Waals surface area contributed by atoms with Crippen molar-refractivity contribution in [1.82, 2.24) is 0 Å². The summed E-state index contributed by atoms with van der Waals surface area (Å²) in [5.41, 5.74) is 0.355. The van der Waals surface area contributed by atoms with Crippen molar-refractivity contribution in [1.29, 1.82) is 0 Å². The molecule has 0 saturated carbocycles. The molecule has 0 spiro atoms. The first-order chi connectivity index (χ1) is 10.5. The Hall–Kier alpha value is -1.12. The van der Waals surface area contributed by atoms with Crippen molar-refractivity contribution in [3.8, 4) is 0 Å². The summed E-state index contributed by atoms with van der Waals surface area (Å²) in [6.45, 7) is 1.56. The number of hydrogen-bond acceptors (Lipinski definition) is 5. The quantitative estimate of drug-likeness (QED) is 0.769. The largest absolute Gasteiger partial charge is 0.394 e. The van der Waals surface area contributed by atoms with E-state index in [0.717, 1.165) is 6.07 Å². The normalized spacial score (nSPS) is 28.3. The molecular weight excluding hydrogens is 298 g/mol. The number of hydrogen-bond donors (Lipinski definition) is 2. The SMILES string of the molecule is COCCOC1C(O)[C@@H](CO)O[C@H]1c1cc(C)c(F)cc1F. The first-order valence-electron chi connectivity index (χ1n) is 7.00. The van der Waals surface area contributed by atoms with Crippen LogP contribution in [0.1, 0.15) is 17.2 Å². The second-order valence-corrected chi connectivity index (χ2v) is 5.22. The Labute approximate surface area is 127 Å². The third-order valence-electron chi connectivity index (χ3n) is 3.70. The van der Waals surface area contributed by atoms with Crippen molar-refractivity contribution in [2.24, 2.45) is 0 Å². The fourth-order valence-corrected chi connectivity index (χ4v) is 2.49. The molecule has 2 rings (SSSR count). The lowest BCUT2D eigenvalue weighted by molar-refractivity contribution is -0.0539. The topological polar surface area (TPSA) is 68.2 Å². The summed E-state index contributed by atoms with van der Waals surface area (Å²) in [4.78, 5) is 0. The van der Waals surface area contributed by atoms with Gasteiger partial charge in [0.15, 0.2) is 0 Å². The number of aryl methyl sites for hydroxylation is 1. The summed E-state index contributed by atoms with van der Waals surface area (Å²) in [5, 5.41) is 19.4. The molecular formula is C15H20F2O5. The van der Waals surface area contributed by atoms with Gasteiger partial charge < -0.3 is 24.4 Å². The summed E-state index contributed by atoms with van der Waals surface area (Å²) in [6.07, 6.45) is -3.80. The van der Waals surface area contributed by atoms with Crippen molar-refractivity contribution < 1.29 is 33.2 Å². The van der Waals surface area contributed by atoms with Gasteiger partial charge in [0.2, 0.25) is 0 Å². The van der Waals surface area contributed by atoms with E-state index in [1.54, 1.807) is 0 Å². The molecule has 0 bridgehead atoms. The third kappa shape index (κ3) is 3.44. The Bertz CT molecular complexity index is 511. The van der Waals surface area contributed by atoms with E-state index in [0.29, 0.717) is 6.61 Å². The van der Waals surface area contributed by atoms with E-state index >= 15 is 0 Å². The maximum Gasteiger partial charge on any atom is 0.132 e. The van der Waals surface area contributed by atoms with Gasteiger partial charge in [0, 0.05) is 18.7 Å². The second-order valence-electron chi connectivity index (χ2n) is 5.22. The van der Waals surface area contributed by atoms with E-state index in [-0.39, 0.29) is 17.7 Å². The molecule has 1 aliphatic rings. The zero-order chi connectivity index (χ0) is 16.3. The van der Waals surface area contributed by atoms with Crippen LogP contribution in [0.25, 0.3) is 0 Å². The molecule has 2 N–H and O–H groups in total. The lowest BCUT2D eigenvalue weighted by Gasteiger charge is -2.22. The van der Waals surface area contributed by atoms with Gasteiger partial charge in [0.05, 0.1) is 19.8 Å². The van der Waals surface area contributed by atoms with Gasteiger partial charge in [-0.2, -0.15) is 0 Å². The number of aliphatic hydroxyl groups excluding tert-OH is 2. The molecule has 124 valence electrons. The van der Waals surface area contributed by atoms with Gasteiger partial charge in [-0.1, -0.05) is 0 Å². The summed E-state index contributed by atoms with van der Waals surface area (Å²) in [7, 11) is 1.50. The monoisotopic (exact) mass is 318 g/mol. The fourth-order valence-electron chi connectivity index (χ4n) is 2.49. The van der Waals surface area contributed by atoms with Crippen LogP contribution in [-0.4, -0.2) is 55.5 Å².